The minimum Gasteiger partial charge on any atom is -0.353 e. The molecular weight excluding hydrogens is 364 g/mol. The molecule has 1 fully saturated rings. The molecule has 1 saturated carbocycles. The topological polar surface area (TPSA) is 55.1 Å². The normalized spacial score (nSPS) is 16.4. The van der Waals surface area contributed by atoms with Gasteiger partial charge in [-0.1, -0.05) is 48.3 Å². The standard InChI is InChI=1S/C17H25BrN2O.ClH/c1-3-16(19,4-2)12-20-15(21)17(10-5-11-17)13-6-8-14(18)9-7-13;/h6-9H,3-5,10-12,19H2,1-2H3,(H,20,21);1H. The molecule has 3 N–H and O–H groups in total. The van der Waals surface area contributed by atoms with Gasteiger partial charge in [0.15, 0.2) is 0 Å². The molecule has 3 nitrogen and oxygen atoms in total. The van der Waals surface area contributed by atoms with E-state index in [0.717, 1.165) is 42.1 Å². The Labute approximate surface area is 148 Å². The van der Waals surface area contributed by atoms with Crippen LogP contribution in [0.1, 0.15) is 51.5 Å². The molecule has 1 aromatic carbocycles. The van der Waals surface area contributed by atoms with Crippen LogP contribution < -0.4 is 11.1 Å². The van der Waals surface area contributed by atoms with E-state index in [-0.39, 0.29) is 29.3 Å². The summed E-state index contributed by atoms with van der Waals surface area (Å²) in [6.07, 6.45) is 4.70. The summed E-state index contributed by atoms with van der Waals surface area (Å²) < 4.78 is 1.04. The van der Waals surface area contributed by atoms with Gasteiger partial charge in [-0.25, -0.2) is 0 Å². The summed E-state index contributed by atoms with van der Waals surface area (Å²) >= 11 is 3.45. The lowest BCUT2D eigenvalue weighted by atomic mass is 9.63. The molecule has 124 valence electrons. The van der Waals surface area contributed by atoms with Gasteiger partial charge in [-0.15, -0.1) is 12.4 Å². The largest absolute Gasteiger partial charge is 0.353 e. The molecular formula is C17H26BrClN2O. The van der Waals surface area contributed by atoms with Crippen molar-refractivity contribution in [2.24, 2.45) is 5.73 Å². The smallest absolute Gasteiger partial charge is 0.230 e. The van der Waals surface area contributed by atoms with Crippen molar-refractivity contribution in [1.82, 2.24) is 5.32 Å². The molecule has 0 saturated heterocycles. The summed E-state index contributed by atoms with van der Waals surface area (Å²) in [5.74, 6) is 0.132. The number of amides is 1. The number of halogens is 2. The van der Waals surface area contributed by atoms with Crippen LogP contribution in [0.4, 0.5) is 0 Å². The second kappa shape index (κ2) is 7.80. The van der Waals surface area contributed by atoms with Crippen molar-refractivity contribution in [3.05, 3.63) is 34.3 Å². The van der Waals surface area contributed by atoms with Gasteiger partial charge < -0.3 is 11.1 Å². The monoisotopic (exact) mass is 388 g/mol. The van der Waals surface area contributed by atoms with E-state index < -0.39 is 0 Å². The van der Waals surface area contributed by atoms with Gasteiger partial charge >= 0.3 is 0 Å². The third-order valence-electron chi connectivity index (χ3n) is 5.05. The minimum atomic E-state index is -0.344. The molecule has 0 aliphatic heterocycles. The second-order valence-electron chi connectivity index (χ2n) is 6.19. The Hall–Kier alpha value is -0.580. The van der Waals surface area contributed by atoms with Crippen LogP contribution in [-0.4, -0.2) is 18.0 Å². The van der Waals surface area contributed by atoms with Gasteiger partial charge in [0, 0.05) is 16.6 Å². The zero-order valence-corrected chi connectivity index (χ0v) is 15.7. The van der Waals surface area contributed by atoms with E-state index in [0.29, 0.717) is 6.54 Å². The number of hydrogen-bond donors (Lipinski definition) is 2. The van der Waals surface area contributed by atoms with Crippen LogP contribution in [0.15, 0.2) is 28.7 Å². The van der Waals surface area contributed by atoms with Crippen LogP contribution in [0.25, 0.3) is 0 Å². The number of benzene rings is 1. The van der Waals surface area contributed by atoms with Crippen LogP contribution in [0.2, 0.25) is 0 Å². The third-order valence-corrected chi connectivity index (χ3v) is 5.58. The van der Waals surface area contributed by atoms with Gasteiger partial charge in [0.1, 0.15) is 0 Å². The zero-order chi connectivity index (χ0) is 15.5. The maximum Gasteiger partial charge on any atom is 0.230 e. The Kier molecular flexibility index (Phi) is 6.90. The summed E-state index contributed by atoms with van der Waals surface area (Å²) in [6.45, 7) is 4.70. The summed E-state index contributed by atoms with van der Waals surface area (Å²) in [5.41, 5.74) is 6.77. The maximum atomic E-state index is 12.7. The lowest BCUT2D eigenvalue weighted by Crippen LogP contribution is -2.55. The molecule has 0 bridgehead atoms. The quantitative estimate of drug-likeness (QED) is 0.774. The summed E-state index contributed by atoms with van der Waals surface area (Å²) in [4.78, 5) is 12.7. The Balaban J connectivity index is 0.00000242. The van der Waals surface area contributed by atoms with E-state index in [1.807, 2.05) is 12.1 Å². The van der Waals surface area contributed by atoms with Crippen molar-refractivity contribution in [2.75, 3.05) is 6.54 Å². The molecule has 1 amide bonds. The molecule has 5 heteroatoms. The highest BCUT2D eigenvalue weighted by Crippen LogP contribution is 2.44. The fourth-order valence-corrected chi connectivity index (χ4v) is 3.14. The molecule has 0 atom stereocenters. The molecule has 1 aliphatic carbocycles. The predicted molar refractivity (Wildman–Crippen MR) is 97.4 cm³/mol. The van der Waals surface area contributed by atoms with E-state index in [2.05, 4.69) is 47.2 Å². The molecule has 0 heterocycles. The Morgan fingerprint density at radius 3 is 2.23 bits per heavy atom. The van der Waals surface area contributed by atoms with Crippen molar-refractivity contribution in [1.29, 1.82) is 0 Å². The number of rotatable bonds is 6. The SMILES string of the molecule is CCC(N)(CC)CNC(=O)C1(c2ccc(Br)cc2)CCC1.Cl. The van der Waals surface area contributed by atoms with Crippen LogP contribution in [0.5, 0.6) is 0 Å². The van der Waals surface area contributed by atoms with Crippen LogP contribution in [0, 0.1) is 0 Å². The molecule has 0 radical (unpaired) electrons. The highest BCUT2D eigenvalue weighted by molar-refractivity contribution is 9.10. The molecule has 0 unspecified atom stereocenters. The van der Waals surface area contributed by atoms with Crippen molar-refractivity contribution in [3.63, 3.8) is 0 Å². The molecule has 1 aromatic rings. The number of nitrogens with one attached hydrogen (secondary N) is 1. The van der Waals surface area contributed by atoms with E-state index in [4.69, 9.17) is 5.73 Å². The maximum absolute atomic E-state index is 12.7. The molecule has 0 spiro atoms. The Morgan fingerprint density at radius 1 is 1.27 bits per heavy atom. The average molecular weight is 390 g/mol. The summed E-state index contributed by atoms with van der Waals surface area (Å²) in [6, 6.07) is 8.12. The first kappa shape index (κ1) is 19.5. The number of hydrogen-bond acceptors (Lipinski definition) is 2. The van der Waals surface area contributed by atoms with E-state index in [9.17, 15) is 4.79 Å². The van der Waals surface area contributed by atoms with E-state index >= 15 is 0 Å². The highest BCUT2D eigenvalue weighted by Gasteiger charge is 2.45. The van der Waals surface area contributed by atoms with Gasteiger partial charge in [-0.2, -0.15) is 0 Å². The first-order valence-electron chi connectivity index (χ1n) is 7.79. The Bertz CT molecular complexity index is 496. The number of carbonyl (C=O) groups excluding carboxylic acids is 1. The van der Waals surface area contributed by atoms with E-state index in [1.165, 1.54) is 0 Å². The van der Waals surface area contributed by atoms with Gasteiger partial charge in [0.2, 0.25) is 5.91 Å². The minimum absolute atomic E-state index is 0. The first-order valence-corrected chi connectivity index (χ1v) is 8.58. The number of nitrogens with two attached hydrogens (primary N) is 1. The van der Waals surface area contributed by atoms with Crippen molar-refractivity contribution in [2.45, 2.75) is 56.9 Å². The summed E-state index contributed by atoms with van der Waals surface area (Å²) in [7, 11) is 0. The fourth-order valence-electron chi connectivity index (χ4n) is 2.87. The lowest BCUT2D eigenvalue weighted by Gasteiger charge is -2.41. The first-order chi connectivity index (χ1) is 9.96. The van der Waals surface area contributed by atoms with Crippen molar-refractivity contribution >= 4 is 34.2 Å². The van der Waals surface area contributed by atoms with Gasteiger partial charge in [0.05, 0.1) is 5.41 Å². The average Bonchev–Trinajstić information content (AvgIpc) is 2.45. The predicted octanol–water partition coefficient (Wildman–Crippen LogP) is 3.93. The highest BCUT2D eigenvalue weighted by atomic mass is 79.9. The lowest BCUT2D eigenvalue weighted by molar-refractivity contribution is -0.130. The van der Waals surface area contributed by atoms with Crippen LogP contribution in [0.3, 0.4) is 0 Å². The van der Waals surface area contributed by atoms with Gasteiger partial charge in [0.25, 0.3) is 0 Å². The molecule has 1 aliphatic rings. The van der Waals surface area contributed by atoms with Gasteiger partial charge in [-0.3, -0.25) is 4.79 Å². The zero-order valence-electron chi connectivity index (χ0n) is 13.3. The van der Waals surface area contributed by atoms with Crippen molar-refractivity contribution < 1.29 is 4.79 Å². The van der Waals surface area contributed by atoms with Crippen LogP contribution >= 0.6 is 28.3 Å². The van der Waals surface area contributed by atoms with Gasteiger partial charge in [-0.05, 0) is 43.4 Å². The molecule has 0 aromatic heterocycles. The van der Waals surface area contributed by atoms with Crippen LogP contribution in [-0.2, 0) is 10.2 Å². The van der Waals surface area contributed by atoms with E-state index in [1.54, 1.807) is 0 Å². The van der Waals surface area contributed by atoms with Crippen molar-refractivity contribution in [3.8, 4) is 0 Å². The molecule has 2 rings (SSSR count). The molecule has 22 heavy (non-hydrogen) atoms. The summed E-state index contributed by atoms with van der Waals surface area (Å²) in [5, 5.41) is 3.11. The fraction of sp³-hybridized carbons (Fsp3) is 0.588. The third kappa shape index (κ3) is 3.84. The number of carbonyl (C=O) groups is 1. The Morgan fingerprint density at radius 2 is 1.82 bits per heavy atom. The second-order valence-corrected chi connectivity index (χ2v) is 7.11.